The molecular weight excluding hydrogens is 406 g/mol. The van der Waals surface area contributed by atoms with Gasteiger partial charge in [-0.2, -0.15) is 5.10 Å². The smallest absolute Gasteiger partial charge is 0.275 e. The predicted molar refractivity (Wildman–Crippen MR) is 111 cm³/mol. The normalized spacial score (nSPS) is 10.6. The molecule has 2 amide bonds. The standard InChI is InChI=1S/C21H16ClN5O3/c1-30-18-11-14(22)7-8-15(18)20(28)25-26-21(29)16-12-24-27-17(9-10-23-19(16)27)13-5-3-2-4-6-13/h2-12H,1H3,(H,25,28)(H,26,29). The Morgan fingerprint density at radius 3 is 2.47 bits per heavy atom. The number of benzene rings is 2. The van der Waals surface area contributed by atoms with Gasteiger partial charge in [0.25, 0.3) is 11.8 Å². The molecule has 0 saturated heterocycles. The molecule has 0 unspecified atom stereocenters. The first kappa shape index (κ1) is 19.4. The summed E-state index contributed by atoms with van der Waals surface area (Å²) in [6.45, 7) is 0. The second kappa shape index (κ2) is 8.22. The van der Waals surface area contributed by atoms with Crippen LogP contribution < -0.4 is 15.6 Å². The van der Waals surface area contributed by atoms with Crippen molar-refractivity contribution in [2.75, 3.05) is 7.11 Å². The van der Waals surface area contributed by atoms with Gasteiger partial charge in [-0.25, -0.2) is 9.50 Å². The monoisotopic (exact) mass is 421 g/mol. The molecule has 30 heavy (non-hydrogen) atoms. The van der Waals surface area contributed by atoms with Gasteiger partial charge in [-0.05, 0) is 24.3 Å². The molecule has 150 valence electrons. The van der Waals surface area contributed by atoms with Gasteiger partial charge in [0.05, 0.1) is 24.6 Å². The van der Waals surface area contributed by atoms with Crippen molar-refractivity contribution in [2.45, 2.75) is 0 Å². The number of fused-ring (bicyclic) bond motifs is 1. The van der Waals surface area contributed by atoms with Gasteiger partial charge in [0.2, 0.25) is 0 Å². The predicted octanol–water partition coefficient (Wildman–Crippen LogP) is 3.13. The van der Waals surface area contributed by atoms with E-state index in [1.807, 2.05) is 36.4 Å². The largest absolute Gasteiger partial charge is 0.496 e. The minimum absolute atomic E-state index is 0.219. The van der Waals surface area contributed by atoms with Crippen molar-refractivity contribution < 1.29 is 14.3 Å². The van der Waals surface area contributed by atoms with Gasteiger partial charge in [0.15, 0.2) is 5.65 Å². The Labute approximate surface area is 176 Å². The Morgan fingerprint density at radius 2 is 1.73 bits per heavy atom. The number of carbonyl (C=O) groups is 2. The molecule has 0 radical (unpaired) electrons. The first-order valence-corrected chi connectivity index (χ1v) is 9.28. The first-order chi connectivity index (χ1) is 14.6. The second-order valence-corrected chi connectivity index (χ2v) is 6.68. The van der Waals surface area contributed by atoms with E-state index < -0.39 is 11.8 Å². The van der Waals surface area contributed by atoms with Crippen LogP contribution in [0.1, 0.15) is 20.7 Å². The molecule has 2 aromatic heterocycles. The van der Waals surface area contributed by atoms with Crippen molar-refractivity contribution in [1.82, 2.24) is 25.4 Å². The Kier molecular flexibility index (Phi) is 5.32. The molecule has 4 aromatic rings. The molecule has 2 aromatic carbocycles. The number of hydrogen-bond acceptors (Lipinski definition) is 5. The van der Waals surface area contributed by atoms with Gasteiger partial charge >= 0.3 is 0 Å². The van der Waals surface area contributed by atoms with E-state index in [2.05, 4.69) is 20.9 Å². The molecule has 0 saturated carbocycles. The summed E-state index contributed by atoms with van der Waals surface area (Å²) in [5.74, 6) is -0.810. The molecular formula is C21H16ClN5O3. The third-order valence-electron chi connectivity index (χ3n) is 4.41. The van der Waals surface area contributed by atoms with Crippen molar-refractivity contribution >= 4 is 29.1 Å². The fourth-order valence-electron chi connectivity index (χ4n) is 2.98. The van der Waals surface area contributed by atoms with Crippen molar-refractivity contribution in [3.8, 4) is 17.0 Å². The highest BCUT2D eigenvalue weighted by molar-refractivity contribution is 6.30. The molecule has 0 bridgehead atoms. The van der Waals surface area contributed by atoms with Crippen molar-refractivity contribution in [3.05, 3.63) is 83.1 Å². The average Bonchev–Trinajstić information content (AvgIpc) is 3.22. The number of nitrogens with one attached hydrogen (secondary N) is 2. The minimum atomic E-state index is -0.552. The number of hydrogen-bond donors (Lipinski definition) is 2. The Morgan fingerprint density at radius 1 is 1.00 bits per heavy atom. The van der Waals surface area contributed by atoms with Gasteiger partial charge in [0.1, 0.15) is 11.3 Å². The van der Waals surface area contributed by atoms with E-state index in [0.717, 1.165) is 11.3 Å². The highest BCUT2D eigenvalue weighted by Crippen LogP contribution is 2.23. The number of carbonyl (C=O) groups excluding carboxylic acids is 2. The van der Waals surface area contributed by atoms with E-state index in [1.54, 1.807) is 16.8 Å². The van der Waals surface area contributed by atoms with E-state index in [0.29, 0.717) is 16.4 Å². The van der Waals surface area contributed by atoms with Crippen LogP contribution in [-0.4, -0.2) is 33.5 Å². The number of nitrogens with zero attached hydrogens (tertiary/aromatic N) is 3. The van der Waals surface area contributed by atoms with Crippen LogP contribution >= 0.6 is 11.6 Å². The van der Waals surface area contributed by atoms with Gasteiger partial charge < -0.3 is 4.74 Å². The van der Waals surface area contributed by atoms with E-state index in [4.69, 9.17) is 16.3 Å². The maximum absolute atomic E-state index is 12.6. The molecule has 9 heteroatoms. The number of hydrazine groups is 1. The van der Waals surface area contributed by atoms with Gasteiger partial charge in [-0.3, -0.25) is 20.4 Å². The number of methoxy groups -OCH3 is 1. The molecule has 0 aliphatic heterocycles. The van der Waals surface area contributed by atoms with Gasteiger partial charge in [0, 0.05) is 16.8 Å². The SMILES string of the molecule is COc1cc(Cl)ccc1C(=O)NNC(=O)c1cnn2c(-c3ccccc3)ccnc12. The Balaban J connectivity index is 1.55. The first-order valence-electron chi connectivity index (χ1n) is 8.91. The van der Waals surface area contributed by atoms with E-state index in [1.165, 1.54) is 25.4 Å². The van der Waals surface area contributed by atoms with Crippen molar-refractivity contribution in [2.24, 2.45) is 0 Å². The van der Waals surface area contributed by atoms with Gasteiger partial charge in [-0.15, -0.1) is 0 Å². The number of aromatic nitrogens is 3. The Bertz CT molecular complexity index is 1240. The molecule has 2 N–H and O–H groups in total. The number of amides is 2. The van der Waals surface area contributed by atoms with E-state index in [-0.39, 0.29) is 11.1 Å². The summed E-state index contributed by atoms with van der Waals surface area (Å²) in [7, 11) is 1.43. The summed E-state index contributed by atoms with van der Waals surface area (Å²) < 4.78 is 6.74. The molecule has 0 spiro atoms. The van der Waals surface area contributed by atoms with Crippen molar-refractivity contribution in [1.29, 1.82) is 0 Å². The van der Waals surface area contributed by atoms with Crippen LogP contribution in [0.3, 0.4) is 0 Å². The zero-order valence-corrected chi connectivity index (χ0v) is 16.6. The third kappa shape index (κ3) is 3.68. The van der Waals surface area contributed by atoms with Gasteiger partial charge in [-0.1, -0.05) is 41.9 Å². The quantitative estimate of drug-likeness (QED) is 0.493. The van der Waals surface area contributed by atoms with Crippen LogP contribution in [0.2, 0.25) is 5.02 Å². The summed E-state index contributed by atoms with van der Waals surface area (Å²) in [4.78, 5) is 29.3. The second-order valence-electron chi connectivity index (χ2n) is 6.24. The van der Waals surface area contributed by atoms with E-state index >= 15 is 0 Å². The minimum Gasteiger partial charge on any atom is -0.496 e. The lowest BCUT2D eigenvalue weighted by Gasteiger charge is -2.10. The molecule has 4 rings (SSSR count). The fraction of sp³-hybridized carbons (Fsp3) is 0.0476. The highest BCUT2D eigenvalue weighted by Gasteiger charge is 2.18. The summed E-state index contributed by atoms with van der Waals surface area (Å²) in [6.07, 6.45) is 3.01. The maximum atomic E-state index is 12.6. The molecule has 0 aliphatic rings. The van der Waals surface area contributed by atoms with Crippen LogP contribution in [0.4, 0.5) is 0 Å². The van der Waals surface area contributed by atoms with Crippen LogP contribution in [0.15, 0.2) is 67.0 Å². The molecule has 2 heterocycles. The lowest BCUT2D eigenvalue weighted by molar-refractivity contribution is 0.0845. The summed E-state index contributed by atoms with van der Waals surface area (Å²) >= 11 is 5.91. The molecule has 8 nitrogen and oxygen atoms in total. The highest BCUT2D eigenvalue weighted by atomic mass is 35.5. The molecule has 0 fully saturated rings. The van der Waals surface area contributed by atoms with Crippen LogP contribution in [0.5, 0.6) is 5.75 Å². The third-order valence-corrected chi connectivity index (χ3v) is 4.65. The lowest BCUT2D eigenvalue weighted by Crippen LogP contribution is -2.41. The van der Waals surface area contributed by atoms with Crippen molar-refractivity contribution in [3.63, 3.8) is 0 Å². The molecule has 0 atom stereocenters. The number of rotatable bonds is 4. The van der Waals surface area contributed by atoms with Crippen LogP contribution in [-0.2, 0) is 0 Å². The average molecular weight is 422 g/mol. The molecule has 0 aliphatic carbocycles. The number of ether oxygens (including phenoxy) is 1. The summed E-state index contributed by atoms with van der Waals surface area (Å²) in [5.41, 5.74) is 7.28. The summed E-state index contributed by atoms with van der Waals surface area (Å²) in [6, 6.07) is 16.0. The fourth-order valence-corrected chi connectivity index (χ4v) is 3.14. The van der Waals surface area contributed by atoms with E-state index in [9.17, 15) is 9.59 Å². The zero-order chi connectivity index (χ0) is 21.1. The summed E-state index contributed by atoms with van der Waals surface area (Å²) in [5, 5.41) is 4.71. The van der Waals surface area contributed by atoms with Crippen LogP contribution in [0, 0.1) is 0 Å². The number of halogens is 1. The Hall–Kier alpha value is -3.91. The topological polar surface area (TPSA) is 97.6 Å². The lowest BCUT2D eigenvalue weighted by atomic mass is 10.1. The van der Waals surface area contributed by atoms with Crippen LogP contribution in [0.25, 0.3) is 16.9 Å². The maximum Gasteiger partial charge on any atom is 0.275 e. The zero-order valence-electron chi connectivity index (χ0n) is 15.8.